The van der Waals surface area contributed by atoms with Crippen molar-refractivity contribution in [2.75, 3.05) is 31.1 Å². The van der Waals surface area contributed by atoms with Gasteiger partial charge in [-0.15, -0.1) is 0 Å². The molecular formula is C17H24ClN3. The van der Waals surface area contributed by atoms with Gasteiger partial charge in [0.15, 0.2) is 0 Å². The van der Waals surface area contributed by atoms with E-state index in [1.807, 2.05) is 6.07 Å². The Morgan fingerprint density at radius 3 is 2.48 bits per heavy atom. The molecule has 114 valence electrons. The third kappa shape index (κ3) is 3.36. The molecule has 1 aliphatic heterocycles. The summed E-state index contributed by atoms with van der Waals surface area (Å²) in [7, 11) is 0. The Hall–Kier alpha value is -0.770. The number of piperazine rings is 1. The van der Waals surface area contributed by atoms with Crippen LogP contribution in [0, 0.1) is 0 Å². The predicted molar refractivity (Wildman–Crippen MR) is 88.1 cm³/mol. The van der Waals surface area contributed by atoms with Gasteiger partial charge in [-0.1, -0.05) is 11.6 Å². The lowest BCUT2D eigenvalue weighted by atomic mass is 10.1. The first kappa shape index (κ1) is 13.9. The average molecular weight is 306 g/mol. The lowest BCUT2D eigenvalue weighted by Crippen LogP contribution is -2.47. The zero-order valence-corrected chi connectivity index (χ0v) is 13.3. The Bertz CT molecular complexity index is 503. The molecule has 0 spiro atoms. The van der Waals surface area contributed by atoms with Gasteiger partial charge in [0.25, 0.3) is 0 Å². The summed E-state index contributed by atoms with van der Waals surface area (Å²) in [5, 5.41) is 4.47. The van der Waals surface area contributed by atoms with Crippen molar-refractivity contribution < 1.29 is 0 Å². The highest BCUT2D eigenvalue weighted by atomic mass is 35.5. The maximum absolute atomic E-state index is 6.21. The SMILES string of the molecule is Clc1ccc(N2CCN(C3CC3)CC2)c(CNC2CC2)c1. The molecule has 1 aromatic rings. The molecule has 0 aromatic heterocycles. The van der Waals surface area contributed by atoms with Gasteiger partial charge in [-0.2, -0.15) is 0 Å². The van der Waals surface area contributed by atoms with Crippen LogP contribution in [0.5, 0.6) is 0 Å². The maximum Gasteiger partial charge on any atom is 0.0413 e. The van der Waals surface area contributed by atoms with Crippen molar-refractivity contribution in [1.82, 2.24) is 10.2 Å². The van der Waals surface area contributed by atoms with Gasteiger partial charge in [0.05, 0.1) is 0 Å². The fourth-order valence-electron chi connectivity index (χ4n) is 3.31. The molecule has 1 aromatic carbocycles. The molecular weight excluding hydrogens is 282 g/mol. The van der Waals surface area contributed by atoms with Crippen molar-refractivity contribution in [3.05, 3.63) is 28.8 Å². The molecule has 3 aliphatic rings. The second-order valence-corrected chi connectivity index (χ2v) is 7.12. The number of hydrogen-bond donors (Lipinski definition) is 1. The molecule has 1 N–H and O–H groups in total. The number of rotatable bonds is 5. The summed E-state index contributed by atoms with van der Waals surface area (Å²) in [5.74, 6) is 0. The van der Waals surface area contributed by atoms with Gasteiger partial charge < -0.3 is 10.2 Å². The number of nitrogens with zero attached hydrogens (tertiary/aromatic N) is 2. The molecule has 0 radical (unpaired) electrons. The minimum atomic E-state index is 0.739. The summed E-state index contributed by atoms with van der Waals surface area (Å²) >= 11 is 6.21. The van der Waals surface area contributed by atoms with Gasteiger partial charge >= 0.3 is 0 Å². The van der Waals surface area contributed by atoms with Crippen molar-refractivity contribution in [2.24, 2.45) is 0 Å². The molecule has 0 unspecified atom stereocenters. The van der Waals surface area contributed by atoms with Crippen molar-refractivity contribution in [3.63, 3.8) is 0 Å². The molecule has 1 saturated heterocycles. The third-order valence-electron chi connectivity index (χ3n) is 4.92. The second kappa shape index (κ2) is 5.79. The molecule has 4 heteroatoms. The predicted octanol–water partition coefficient (Wildman–Crippen LogP) is 2.88. The Morgan fingerprint density at radius 2 is 1.81 bits per heavy atom. The molecule has 21 heavy (non-hydrogen) atoms. The van der Waals surface area contributed by atoms with Crippen LogP contribution in [-0.2, 0) is 6.54 Å². The van der Waals surface area contributed by atoms with Crippen LogP contribution < -0.4 is 10.2 Å². The number of anilines is 1. The Morgan fingerprint density at radius 1 is 1.05 bits per heavy atom. The molecule has 3 fully saturated rings. The van der Waals surface area contributed by atoms with Gasteiger partial charge in [-0.3, -0.25) is 4.90 Å². The molecule has 0 atom stereocenters. The van der Waals surface area contributed by atoms with E-state index in [0.29, 0.717) is 0 Å². The number of halogens is 1. The zero-order valence-electron chi connectivity index (χ0n) is 12.5. The fourth-order valence-corrected chi connectivity index (χ4v) is 3.51. The van der Waals surface area contributed by atoms with Crippen LogP contribution in [0.1, 0.15) is 31.2 Å². The molecule has 3 nitrogen and oxygen atoms in total. The zero-order chi connectivity index (χ0) is 14.2. The molecule has 0 bridgehead atoms. The van der Waals surface area contributed by atoms with E-state index in [9.17, 15) is 0 Å². The van der Waals surface area contributed by atoms with E-state index in [2.05, 4.69) is 27.2 Å². The molecule has 2 aliphatic carbocycles. The molecule has 1 heterocycles. The first-order chi connectivity index (χ1) is 10.3. The van der Waals surface area contributed by atoms with Crippen LogP contribution in [-0.4, -0.2) is 43.2 Å². The van der Waals surface area contributed by atoms with E-state index >= 15 is 0 Å². The Labute approximate surface area is 132 Å². The Kier molecular flexibility index (Phi) is 3.82. The highest BCUT2D eigenvalue weighted by molar-refractivity contribution is 6.30. The first-order valence-electron chi connectivity index (χ1n) is 8.30. The smallest absolute Gasteiger partial charge is 0.0413 e. The highest BCUT2D eigenvalue weighted by Gasteiger charge is 2.31. The summed E-state index contributed by atoms with van der Waals surface area (Å²) < 4.78 is 0. The van der Waals surface area contributed by atoms with Gasteiger partial charge in [-0.25, -0.2) is 0 Å². The van der Waals surface area contributed by atoms with E-state index in [1.165, 1.54) is 50.0 Å². The lowest BCUT2D eigenvalue weighted by Gasteiger charge is -2.37. The lowest BCUT2D eigenvalue weighted by molar-refractivity contribution is 0.248. The second-order valence-electron chi connectivity index (χ2n) is 6.68. The largest absolute Gasteiger partial charge is 0.369 e. The maximum atomic E-state index is 6.21. The van der Waals surface area contributed by atoms with E-state index in [-0.39, 0.29) is 0 Å². The van der Waals surface area contributed by atoms with E-state index < -0.39 is 0 Å². The van der Waals surface area contributed by atoms with Crippen LogP contribution in [0.3, 0.4) is 0 Å². The van der Waals surface area contributed by atoms with Gasteiger partial charge in [-0.05, 0) is 49.4 Å². The van der Waals surface area contributed by atoms with Crippen molar-refractivity contribution >= 4 is 17.3 Å². The summed E-state index contributed by atoms with van der Waals surface area (Å²) in [6.07, 6.45) is 5.49. The summed E-state index contributed by atoms with van der Waals surface area (Å²) in [6, 6.07) is 8.01. The van der Waals surface area contributed by atoms with Gasteiger partial charge in [0.1, 0.15) is 0 Å². The quantitative estimate of drug-likeness (QED) is 0.902. The van der Waals surface area contributed by atoms with Crippen LogP contribution in [0.4, 0.5) is 5.69 Å². The van der Waals surface area contributed by atoms with E-state index in [0.717, 1.165) is 36.7 Å². The fraction of sp³-hybridized carbons (Fsp3) is 0.647. The molecule has 4 rings (SSSR count). The van der Waals surface area contributed by atoms with Crippen LogP contribution >= 0.6 is 11.6 Å². The minimum Gasteiger partial charge on any atom is -0.369 e. The highest BCUT2D eigenvalue weighted by Crippen LogP contribution is 2.30. The van der Waals surface area contributed by atoms with Crippen LogP contribution in [0.2, 0.25) is 5.02 Å². The molecule has 0 amide bonds. The van der Waals surface area contributed by atoms with Gasteiger partial charge in [0.2, 0.25) is 0 Å². The van der Waals surface area contributed by atoms with Gasteiger partial charge in [0, 0.05) is 55.5 Å². The molecule has 2 saturated carbocycles. The van der Waals surface area contributed by atoms with Crippen LogP contribution in [0.25, 0.3) is 0 Å². The Balaban J connectivity index is 1.45. The first-order valence-corrected chi connectivity index (χ1v) is 8.68. The number of nitrogens with one attached hydrogen (secondary N) is 1. The number of benzene rings is 1. The van der Waals surface area contributed by atoms with E-state index in [1.54, 1.807) is 0 Å². The monoisotopic (exact) mass is 305 g/mol. The van der Waals surface area contributed by atoms with Crippen molar-refractivity contribution in [3.8, 4) is 0 Å². The minimum absolute atomic E-state index is 0.739. The third-order valence-corrected chi connectivity index (χ3v) is 5.15. The van der Waals surface area contributed by atoms with Crippen molar-refractivity contribution in [1.29, 1.82) is 0 Å². The van der Waals surface area contributed by atoms with Crippen molar-refractivity contribution in [2.45, 2.75) is 44.3 Å². The topological polar surface area (TPSA) is 18.5 Å². The summed E-state index contributed by atoms with van der Waals surface area (Å²) in [5.41, 5.74) is 2.73. The van der Waals surface area contributed by atoms with Crippen LogP contribution in [0.15, 0.2) is 18.2 Å². The van der Waals surface area contributed by atoms with E-state index in [4.69, 9.17) is 11.6 Å². The summed E-state index contributed by atoms with van der Waals surface area (Å²) in [6.45, 7) is 5.66. The number of hydrogen-bond acceptors (Lipinski definition) is 3. The standard InChI is InChI=1S/C17H24ClN3/c18-14-1-6-17(13(11-14)12-19-15-2-3-15)21-9-7-20(8-10-21)16-4-5-16/h1,6,11,15-16,19H,2-5,7-10,12H2. The summed E-state index contributed by atoms with van der Waals surface area (Å²) in [4.78, 5) is 5.20. The normalized spacial score (nSPS) is 23.6. The average Bonchev–Trinajstić information content (AvgIpc) is 3.39.